The number of benzene rings is 2. The summed E-state index contributed by atoms with van der Waals surface area (Å²) in [6.45, 7) is 5.87. The maximum absolute atomic E-state index is 13.7. The molecule has 4 aromatic rings. The monoisotopic (exact) mass is 488 g/mol. The van der Waals surface area contributed by atoms with E-state index >= 15 is 0 Å². The molecule has 0 N–H and O–H groups in total. The molecule has 1 atom stereocenters. The first kappa shape index (κ1) is 23.0. The van der Waals surface area contributed by atoms with Crippen LogP contribution in [0.15, 0.2) is 57.7 Å². The van der Waals surface area contributed by atoms with E-state index in [4.69, 9.17) is 9.15 Å². The summed E-state index contributed by atoms with van der Waals surface area (Å²) in [5.74, 6) is 0.0576. The molecule has 0 saturated carbocycles. The molecule has 0 spiro atoms. The molecule has 0 bridgehead atoms. The average Bonchev–Trinajstić information content (AvgIpc) is 3.37. The highest BCUT2D eigenvalue weighted by Crippen LogP contribution is 2.43. The zero-order valence-corrected chi connectivity index (χ0v) is 20.5. The summed E-state index contributed by atoms with van der Waals surface area (Å²) in [7, 11) is 0. The van der Waals surface area contributed by atoms with Crippen LogP contribution in [0.4, 0.5) is 5.13 Å². The number of ketones is 1. The number of carbonyl (C=O) groups is 2. The van der Waals surface area contributed by atoms with E-state index in [2.05, 4.69) is 11.9 Å². The van der Waals surface area contributed by atoms with Gasteiger partial charge in [-0.25, -0.2) is 4.98 Å². The number of fused-ring (bicyclic) bond motifs is 2. The SMILES string of the molecule is CCCCOc1cccc(C2c3c(oc4ccccc4c3=O)C(=O)N2c2nc(C)c(C(C)=O)s2)c1. The van der Waals surface area contributed by atoms with Gasteiger partial charge in [-0.3, -0.25) is 19.3 Å². The smallest absolute Gasteiger partial charge is 0.297 e. The number of hydrogen-bond acceptors (Lipinski definition) is 7. The molecule has 1 aliphatic heterocycles. The number of aryl methyl sites for hydroxylation is 1. The lowest BCUT2D eigenvalue weighted by molar-refractivity contribution is 0.0969. The van der Waals surface area contributed by atoms with Crippen LogP contribution in [0.2, 0.25) is 0 Å². The van der Waals surface area contributed by atoms with Crippen molar-refractivity contribution in [2.24, 2.45) is 0 Å². The Morgan fingerprint density at radius 3 is 2.71 bits per heavy atom. The predicted molar refractivity (Wildman–Crippen MR) is 135 cm³/mol. The first-order chi connectivity index (χ1) is 16.9. The summed E-state index contributed by atoms with van der Waals surface area (Å²) in [6.07, 6.45) is 1.93. The third-order valence-electron chi connectivity index (χ3n) is 6.03. The molecule has 0 saturated heterocycles. The average molecular weight is 489 g/mol. The van der Waals surface area contributed by atoms with Crippen LogP contribution in [0.1, 0.15) is 69.8 Å². The van der Waals surface area contributed by atoms with E-state index in [-0.39, 0.29) is 22.5 Å². The van der Waals surface area contributed by atoms with Crippen molar-refractivity contribution >= 4 is 39.1 Å². The number of carbonyl (C=O) groups excluding carboxylic acids is 2. The van der Waals surface area contributed by atoms with Crippen LogP contribution < -0.4 is 15.1 Å². The molecule has 0 radical (unpaired) electrons. The van der Waals surface area contributed by atoms with Gasteiger partial charge in [0.15, 0.2) is 16.3 Å². The highest BCUT2D eigenvalue weighted by Gasteiger charge is 2.45. The Kier molecular flexibility index (Phi) is 5.98. The highest BCUT2D eigenvalue weighted by atomic mass is 32.1. The quantitative estimate of drug-likeness (QED) is 0.245. The van der Waals surface area contributed by atoms with E-state index in [1.54, 1.807) is 31.2 Å². The Morgan fingerprint density at radius 2 is 1.97 bits per heavy atom. The van der Waals surface area contributed by atoms with Crippen molar-refractivity contribution in [1.82, 2.24) is 4.98 Å². The molecule has 1 amide bonds. The minimum absolute atomic E-state index is 0.00627. The maximum Gasteiger partial charge on any atom is 0.297 e. The number of thiazole rings is 1. The summed E-state index contributed by atoms with van der Waals surface area (Å²) in [4.78, 5) is 45.9. The molecule has 0 fully saturated rings. The lowest BCUT2D eigenvalue weighted by atomic mass is 9.98. The van der Waals surface area contributed by atoms with Crippen molar-refractivity contribution < 1.29 is 18.7 Å². The van der Waals surface area contributed by atoms with Crippen molar-refractivity contribution in [3.63, 3.8) is 0 Å². The Hall–Kier alpha value is -3.78. The minimum Gasteiger partial charge on any atom is -0.494 e. The number of para-hydroxylation sites is 1. The van der Waals surface area contributed by atoms with Crippen LogP contribution in [0.5, 0.6) is 5.75 Å². The Balaban J connectivity index is 1.71. The van der Waals surface area contributed by atoms with Gasteiger partial charge in [0.1, 0.15) is 11.3 Å². The molecule has 178 valence electrons. The number of aromatic nitrogens is 1. The normalized spacial score (nSPS) is 15.0. The van der Waals surface area contributed by atoms with Crippen molar-refractivity contribution in [3.8, 4) is 5.75 Å². The van der Waals surface area contributed by atoms with Gasteiger partial charge < -0.3 is 9.15 Å². The zero-order chi connectivity index (χ0) is 24.7. The molecule has 2 aromatic carbocycles. The van der Waals surface area contributed by atoms with E-state index in [0.717, 1.165) is 24.2 Å². The molecule has 1 unspecified atom stereocenters. The van der Waals surface area contributed by atoms with Gasteiger partial charge in [-0.15, -0.1) is 0 Å². The van der Waals surface area contributed by atoms with Crippen molar-refractivity contribution in [2.75, 3.05) is 11.5 Å². The maximum atomic E-state index is 13.7. The summed E-state index contributed by atoms with van der Waals surface area (Å²) in [5, 5.41) is 0.746. The Bertz CT molecular complexity index is 1520. The van der Waals surface area contributed by atoms with E-state index in [9.17, 15) is 14.4 Å². The van der Waals surface area contributed by atoms with Gasteiger partial charge >= 0.3 is 0 Å². The number of amides is 1. The van der Waals surface area contributed by atoms with Crippen LogP contribution in [0.25, 0.3) is 11.0 Å². The first-order valence-corrected chi connectivity index (χ1v) is 12.3. The Morgan fingerprint density at radius 1 is 1.17 bits per heavy atom. The van der Waals surface area contributed by atoms with Crippen LogP contribution in [-0.2, 0) is 0 Å². The molecule has 3 heterocycles. The number of nitrogens with zero attached hydrogens (tertiary/aromatic N) is 2. The van der Waals surface area contributed by atoms with E-state index < -0.39 is 11.9 Å². The van der Waals surface area contributed by atoms with Crippen LogP contribution in [0, 0.1) is 6.92 Å². The first-order valence-electron chi connectivity index (χ1n) is 11.5. The van der Waals surface area contributed by atoms with Crippen molar-refractivity contribution in [1.29, 1.82) is 0 Å². The van der Waals surface area contributed by atoms with Crippen LogP contribution in [0.3, 0.4) is 0 Å². The highest BCUT2D eigenvalue weighted by molar-refractivity contribution is 7.17. The third kappa shape index (κ3) is 3.93. The lowest BCUT2D eigenvalue weighted by Crippen LogP contribution is -2.29. The molecule has 5 rings (SSSR count). The van der Waals surface area contributed by atoms with Gasteiger partial charge in [-0.2, -0.15) is 0 Å². The summed E-state index contributed by atoms with van der Waals surface area (Å²) in [5.41, 5.74) is 1.59. The second kappa shape index (κ2) is 9.11. The largest absolute Gasteiger partial charge is 0.494 e. The zero-order valence-electron chi connectivity index (χ0n) is 19.7. The van der Waals surface area contributed by atoms with Crippen molar-refractivity contribution in [3.05, 3.63) is 86.2 Å². The lowest BCUT2D eigenvalue weighted by Gasteiger charge is -2.23. The molecule has 8 heteroatoms. The molecule has 2 aromatic heterocycles. The Labute approximate surface area is 206 Å². The molecule has 1 aliphatic rings. The predicted octanol–water partition coefficient (Wildman–Crippen LogP) is 5.69. The molecular weight excluding hydrogens is 464 g/mol. The third-order valence-corrected chi connectivity index (χ3v) is 7.29. The van der Waals surface area contributed by atoms with Gasteiger partial charge in [0.05, 0.1) is 34.2 Å². The minimum atomic E-state index is -0.765. The number of rotatable bonds is 7. The fourth-order valence-corrected chi connectivity index (χ4v) is 5.34. The van der Waals surface area contributed by atoms with E-state index in [1.165, 1.54) is 11.8 Å². The summed E-state index contributed by atoms with van der Waals surface area (Å²) >= 11 is 1.14. The summed E-state index contributed by atoms with van der Waals surface area (Å²) < 4.78 is 11.9. The molecule has 35 heavy (non-hydrogen) atoms. The van der Waals surface area contributed by atoms with Gasteiger partial charge in [-0.05, 0) is 43.2 Å². The number of unbranched alkanes of at least 4 members (excludes halogenated alkanes) is 1. The standard InChI is InChI=1S/C27H24N2O5S/c1-4-5-13-33-18-10-8-9-17(14-18)22-21-23(31)19-11-6-7-12-20(19)34-24(21)26(32)29(22)27-28-15(2)25(35-27)16(3)30/h6-12,14,22H,4-5,13H2,1-3H3. The van der Waals surface area contributed by atoms with Gasteiger partial charge in [0.2, 0.25) is 5.76 Å². The van der Waals surface area contributed by atoms with Crippen LogP contribution in [-0.4, -0.2) is 23.3 Å². The van der Waals surface area contributed by atoms with Gasteiger partial charge in [-0.1, -0.05) is 48.9 Å². The fraction of sp³-hybridized carbons (Fsp3) is 0.259. The fourth-order valence-electron chi connectivity index (χ4n) is 4.35. The van der Waals surface area contributed by atoms with Gasteiger partial charge in [0, 0.05) is 6.92 Å². The topological polar surface area (TPSA) is 89.7 Å². The number of ether oxygens (including phenoxy) is 1. The number of Topliss-reactive ketones (excluding diaryl/α,β-unsaturated/α-hetero) is 1. The number of anilines is 1. The van der Waals surface area contributed by atoms with E-state index in [1.807, 2.05) is 24.3 Å². The van der Waals surface area contributed by atoms with Gasteiger partial charge in [0.25, 0.3) is 5.91 Å². The molecular formula is C27H24N2O5S. The summed E-state index contributed by atoms with van der Waals surface area (Å²) in [6, 6.07) is 13.5. The number of hydrogen-bond donors (Lipinski definition) is 0. The molecule has 0 aliphatic carbocycles. The van der Waals surface area contributed by atoms with Crippen molar-refractivity contribution in [2.45, 2.75) is 39.7 Å². The van der Waals surface area contributed by atoms with E-state index in [0.29, 0.717) is 44.6 Å². The molecule has 7 nitrogen and oxygen atoms in total. The van der Waals surface area contributed by atoms with Crippen LogP contribution >= 0.6 is 11.3 Å². The second-order valence-electron chi connectivity index (χ2n) is 8.49. The second-order valence-corrected chi connectivity index (χ2v) is 9.47.